The summed E-state index contributed by atoms with van der Waals surface area (Å²) in [6.45, 7) is 1.70. The van der Waals surface area contributed by atoms with Crippen molar-refractivity contribution in [2.45, 2.75) is 13.0 Å². The van der Waals surface area contributed by atoms with Crippen LogP contribution in [0, 0.1) is 0 Å². The second-order valence-corrected chi connectivity index (χ2v) is 3.73. The minimum Gasteiger partial charge on any atom is -0.353 e. The molecule has 0 bridgehead atoms. The van der Waals surface area contributed by atoms with Crippen LogP contribution in [-0.2, 0) is 9.59 Å². The summed E-state index contributed by atoms with van der Waals surface area (Å²) in [7, 11) is 0. The molecule has 5 heteroatoms. The molecule has 1 unspecified atom stereocenters. The Morgan fingerprint density at radius 1 is 1.24 bits per heavy atom. The van der Waals surface area contributed by atoms with Crippen LogP contribution in [0.4, 0.5) is 0 Å². The van der Waals surface area contributed by atoms with Crippen LogP contribution < -0.4 is 16.4 Å². The minimum absolute atomic E-state index is 0.0170. The van der Waals surface area contributed by atoms with Crippen molar-refractivity contribution in [3.8, 4) is 0 Å². The van der Waals surface area contributed by atoms with E-state index in [-0.39, 0.29) is 24.4 Å². The van der Waals surface area contributed by atoms with Gasteiger partial charge in [-0.25, -0.2) is 0 Å². The molecule has 0 spiro atoms. The van der Waals surface area contributed by atoms with Gasteiger partial charge in [0.2, 0.25) is 11.8 Å². The topological polar surface area (TPSA) is 84.2 Å². The fourth-order valence-corrected chi connectivity index (χ4v) is 1.31. The lowest BCUT2D eigenvalue weighted by Crippen LogP contribution is -2.39. The summed E-state index contributed by atoms with van der Waals surface area (Å²) in [4.78, 5) is 21.9. The van der Waals surface area contributed by atoms with E-state index in [9.17, 15) is 9.59 Å². The number of nitrogens with two attached hydrogens (primary N) is 1. The molecular weight excluding hydrogens is 218 g/mol. The summed E-state index contributed by atoms with van der Waals surface area (Å²) in [5, 5.41) is 5.07. The van der Waals surface area contributed by atoms with E-state index in [4.69, 9.17) is 5.73 Å². The lowest BCUT2D eigenvalue weighted by atomic mass is 10.1. The van der Waals surface area contributed by atoms with Gasteiger partial charge in [-0.15, -0.1) is 0 Å². The van der Waals surface area contributed by atoms with Crippen LogP contribution in [0.25, 0.3) is 0 Å². The molecule has 0 saturated heterocycles. The summed E-state index contributed by atoms with van der Waals surface area (Å²) >= 11 is 0. The molecule has 0 aliphatic heterocycles. The van der Waals surface area contributed by atoms with Crippen LogP contribution in [0.1, 0.15) is 18.5 Å². The van der Waals surface area contributed by atoms with Crippen molar-refractivity contribution in [3.05, 3.63) is 35.9 Å². The van der Waals surface area contributed by atoms with Crippen LogP contribution in [0.5, 0.6) is 0 Å². The maximum absolute atomic E-state index is 11.3. The molecule has 1 atom stereocenters. The Labute approximate surface area is 100 Å². The highest BCUT2D eigenvalue weighted by Gasteiger charge is 2.07. The predicted molar refractivity (Wildman–Crippen MR) is 65.1 cm³/mol. The van der Waals surface area contributed by atoms with Crippen molar-refractivity contribution in [2.75, 3.05) is 13.1 Å². The third-order valence-electron chi connectivity index (χ3n) is 2.24. The molecule has 0 radical (unpaired) electrons. The number of rotatable bonds is 5. The second-order valence-electron chi connectivity index (χ2n) is 3.73. The third-order valence-corrected chi connectivity index (χ3v) is 2.24. The normalized spacial score (nSPS) is 11.6. The van der Waals surface area contributed by atoms with E-state index in [0.29, 0.717) is 6.54 Å². The van der Waals surface area contributed by atoms with Crippen LogP contribution in [0.15, 0.2) is 30.3 Å². The smallest absolute Gasteiger partial charge is 0.239 e. The maximum Gasteiger partial charge on any atom is 0.239 e. The molecule has 0 heterocycles. The van der Waals surface area contributed by atoms with Crippen LogP contribution >= 0.6 is 0 Å². The Balaban J connectivity index is 2.31. The fourth-order valence-electron chi connectivity index (χ4n) is 1.31. The zero-order valence-electron chi connectivity index (χ0n) is 9.77. The van der Waals surface area contributed by atoms with Crippen LogP contribution in [0.2, 0.25) is 0 Å². The molecule has 0 saturated carbocycles. The summed E-state index contributed by atoms with van der Waals surface area (Å²) in [5.41, 5.74) is 6.86. The molecule has 1 aromatic carbocycles. The molecular formula is C12H17N3O2. The summed E-state index contributed by atoms with van der Waals surface area (Å²) < 4.78 is 0. The highest BCUT2D eigenvalue weighted by Crippen LogP contribution is 2.07. The zero-order valence-corrected chi connectivity index (χ0v) is 9.77. The largest absolute Gasteiger partial charge is 0.353 e. The van der Waals surface area contributed by atoms with Gasteiger partial charge in [0.1, 0.15) is 0 Å². The second kappa shape index (κ2) is 6.65. The third kappa shape index (κ3) is 5.12. The number of hydrogen-bond donors (Lipinski definition) is 3. The van der Waals surface area contributed by atoms with Gasteiger partial charge in [-0.3, -0.25) is 9.59 Å². The number of carbonyl (C=O) groups is 2. The highest BCUT2D eigenvalue weighted by atomic mass is 16.2. The molecule has 1 aromatic rings. The Morgan fingerprint density at radius 2 is 1.88 bits per heavy atom. The predicted octanol–water partition coefficient (Wildman–Crippen LogP) is -0.0613. The molecule has 1 rings (SSSR count). The summed E-state index contributed by atoms with van der Waals surface area (Å²) in [6.07, 6.45) is 0. The summed E-state index contributed by atoms with van der Waals surface area (Å²) in [6, 6.07) is 9.28. The minimum atomic E-state index is -0.244. The molecule has 0 aliphatic carbocycles. The van der Waals surface area contributed by atoms with Gasteiger partial charge in [-0.05, 0) is 5.56 Å². The Hall–Kier alpha value is -1.88. The molecule has 5 nitrogen and oxygen atoms in total. The molecule has 0 aromatic heterocycles. The van der Waals surface area contributed by atoms with Gasteiger partial charge in [0, 0.05) is 19.5 Å². The first-order valence-corrected chi connectivity index (χ1v) is 5.41. The number of carbonyl (C=O) groups excluding carboxylic acids is 2. The molecule has 17 heavy (non-hydrogen) atoms. The van der Waals surface area contributed by atoms with E-state index in [1.807, 2.05) is 30.3 Å². The van der Waals surface area contributed by atoms with Gasteiger partial charge in [-0.1, -0.05) is 30.3 Å². The monoisotopic (exact) mass is 235 g/mol. The number of hydrogen-bond acceptors (Lipinski definition) is 3. The van der Waals surface area contributed by atoms with E-state index < -0.39 is 0 Å². The van der Waals surface area contributed by atoms with Gasteiger partial charge in [-0.2, -0.15) is 0 Å². The van der Waals surface area contributed by atoms with Crippen molar-refractivity contribution in [1.82, 2.24) is 10.6 Å². The zero-order chi connectivity index (χ0) is 12.7. The standard InChI is InChI=1S/C12H17N3O2/c1-9(16)14-8-12(17)15-7-11(13)10-5-3-2-4-6-10/h2-6,11H,7-8,13H2,1H3,(H,14,16)(H,15,17). The average molecular weight is 235 g/mol. The number of benzene rings is 1. The van der Waals surface area contributed by atoms with Gasteiger partial charge < -0.3 is 16.4 Å². The Morgan fingerprint density at radius 3 is 2.47 bits per heavy atom. The van der Waals surface area contributed by atoms with Gasteiger partial charge in [0.25, 0.3) is 0 Å². The first kappa shape index (κ1) is 13.2. The quantitative estimate of drug-likeness (QED) is 0.668. The molecule has 0 aliphatic rings. The maximum atomic E-state index is 11.3. The van der Waals surface area contributed by atoms with Crippen molar-refractivity contribution < 1.29 is 9.59 Å². The fraction of sp³-hybridized carbons (Fsp3) is 0.333. The van der Waals surface area contributed by atoms with E-state index in [0.717, 1.165) is 5.56 Å². The average Bonchev–Trinajstić information content (AvgIpc) is 2.34. The molecule has 2 amide bonds. The van der Waals surface area contributed by atoms with E-state index >= 15 is 0 Å². The molecule has 4 N–H and O–H groups in total. The van der Waals surface area contributed by atoms with Crippen molar-refractivity contribution in [2.24, 2.45) is 5.73 Å². The van der Waals surface area contributed by atoms with Gasteiger partial charge >= 0.3 is 0 Å². The number of amides is 2. The highest BCUT2D eigenvalue weighted by molar-refractivity contribution is 5.83. The SMILES string of the molecule is CC(=O)NCC(=O)NCC(N)c1ccccc1. The molecule has 0 fully saturated rings. The first-order valence-electron chi connectivity index (χ1n) is 5.41. The van der Waals surface area contributed by atoms with Crippen molar-refractivity contribution >= 4 is 11.8 Å². The Kier molecular flexibility index (Phi) is 5.16. The number of nitrogens with one attached hydrogen (secondary N) is 2. The molecule has 92 valence electrons. The van der Waals surface area contributed by atoms with E-state index in [2.05, 4.69) is 10.6 Å². The van der Waals surface area contributed by atoms with E-state index in [1.165, 1.54) is 6.92 Å². The lowest BCUT2D eigenvalue weighted by Gasteiger charge is -2.13. The van der Waals surface area contributed by atoms with Crippen LogP contribution in [0.3, 0.4) is 0 Å². The van der Waals surface area contributed by atoms with Crippen molar-refractivity contribution in [3.63, 3.8) is 0 Å². The summed E-state index contributed by atoms with van der Waals surface area (Å²) in [5.74, 6) is -0.473. The van der Waals surface area contributed by atoms with Gasteiger partial charge in [0.15, 0.2) is 0 Å². The lowest BCUT2D eigenvalue weighted by molar-refractivity contribution is -0.125. The van der Waals surface area contributed by atoms with E-state index in [1.54, 1.807) is 0 Å². The Bertz CT molecular complexity index is 379. The first-order chi connectivity index (χ1) is 8.09. The van der Waals surface area contributed by atoms with Crippen LogP contribution in [-0.4, -0.2) is 24.9 Å². The van der Waals surface area contributed by atoms with Gasteiger partial charge in [0.05, 0.1) is 6.54 Å². The van der Waals surface area contributed by atoms with Crippen molar-refractivity contribution in [1.29, 1.82) is 0 Å².